The Morgan fingerprint density at radius 2 is 1.66 bits per heavy atom. The maximum absolute atomic E-state index is 11.7. The molecule has 166 valence electrons. The SMILES string of the molecule is O=c1ccn([C@H]2O[C@H](COP(=O)(O)OP(=O)(O)OP(=O)(O)O)[C@@H](O)[C@H]2O)c(=O)[nH]1. The summed E-state index contributed by atoms with van der Waals surface area (Å²) in [6.07, 6.45) is -5.70. The third-order valence-electron chi connectivity index (χ3n) is 3.28. The van der Waals surface area contributed by atoms with Gasteiger partial charge in [0.15, 0.2) is 6.23 Å². The van der Waals surface area contributed by atoms with Gasteiger partial charge in [-0.3, -0.25) is 18.9 Å². The van der Waals surface area contributed by atoms with Crippen molar-refractivity contribution in [1.29, 1.82) is 0 Å². The molecule has 0 radical (unpaired) electrons. The fraction of sp³-hybridized carbons (Fsp3) is 0.556. The van der Waals surface area contributed by atoms with Crippen LogP contribution >= 0.6 is 23.5 Å². The van der Waals surface area contributed by atoms with Crippen molar-refractivity contribution < 1.29 is 61.4 Å². The maximum atomic E-state index is 11.7. The highest BCUT2D eigenvalue weighted by molar-refractivity contribution is 7.66. The van der Waals surface area contributed by atoms with E-state index in [1.807, 2.05) is 4.98 Å². The van der Waals surface area contributed by atoms with Crippen molar-refractivity contribution in [2.24, 2.45) is 0 Å². The molecule has 1 aromatic rings. The highest BCUT2D eigenvalue weighted by Gasteiger charge is 2.46. The lowest BCUT2D eigenvalue weighted by atomic mass is 10.1. The molecule has 1 fully saturated rings. The summed E-state index contributed by atoms with van der Waals surface area (Å²) in [4.78, 5) is 59.9. The quantitative estimate of drug-likeness (QED) is 0.188. The standard InChI is InChI=1S/C9H15N2O15P3/c12-5-1-2-11(9(15)10-5)8-7(14)6(13)4(24-8)3-23-28(19,20)26-29(21,22)25-27(16,17)18/h1-2,4,6-8,13-14H,3H2,(H,19,20)(H,21,22)(H,10,12,15)(H2,16,17,18)/t4-,6-,7-,8+/m1/s1. The first-order chi connectivity index (χ1) is 13.1. The summed E-state index contributed by atoms with van der Waals surface area (Å²) in [5.41, 5.74) is -1.74. The molecule has 1 aliphatic rings. The summed E-state index contributed by atoms with van der Waals surface area (Å²) < 4.78 is 50.6. The lowest BCUT2D eigenvalue weighted by Gasteiger charge is -2.19. The summed E-state index contributed by atoms with van der Waals surface area (Å²) in [6.45, 7) is -1.05. The minimum Gasteiger partial charge on any atom is -0.387 e. The largest absolute Gasteiger partial charge is 0.490 e. The zero-order valence-electron chi connectivity index (χ0n) is 13.8. The van der Waals surface area contributed by atoms with Gasteiger partial charge in [-0.15, -0.1) is 0 Å². The van der Waals surface area contributed by atoms with Crippen LogP contribution in [-0.2, 0) is 31.6 Å². The predicted octanol–water partition coefficient (Wildman–Crippen LogP) is -2.50. The van der Waals surface area contributed by atoms with Crippen molar-refractivity contribution in [1.82, 2.24) is 9.55 Å². The van der Waals surface area contributed by atoms with Gasteiger partial charge in [-0.25, -0.2) is 18.5 Å². The van der Waals surface area contributed by atoms with E-state index < -0.39 is 65.9 Å². The van der Waals surface area contributed by atoms with E-state index in [2.05, 4.69) is 13.1 Å². The maximum Gasteiger partial charge on any atom is 0.490 e. The average Bonchev–Trinajstić information content (AvgIpc) is 2.78. The van der Waals surface area contributed by atoms with Crippen molar-refractivity contribution >= 4 is 23.5 Å². The second-order valence-corrected chi connectivity index (χ2v) is 9.87. The summed E-state index contributed by atoms with van der Waals surface area (Å²) in [5.74, 6) is 0. The number of aliphatic hydroxyl groups excluding tert-OH is 2. The van der Waals surface area contributed by atoms with Gasteiger partial charge < -0.3 is 34.5 Å². The van der Waals surface area contributed by atoms with Crippen LogP contribution in [-0.4, -0.2) is 64.3 Å². The van der Waals surface area contributed by atoms with Gasteiger partial charge in [0.05, 0.1) is 6.61 Å². The number of aromatic nitrogens is 2. The number of nitrogens with one attached hydrogen (secondary N) is 1. The number of hydrogen-bond donors (Lipinski definition) is 7. The van der Waals surface area contributed by atoms with E-state index in [1.165, 1.54) is 0 Å². The Kier molecular flexibility index (Phi) is 7.20. The van der Waals surface area contributed by atoms with Crippen LogP contribution in [0.5, 0.6) is 0 Å². The van der Waals surface area contributed by atoms with Gasteiger partial charge in [-0.1, -0.05) is 0 Å². The molecule has 0 aliphatic carbocycles. The van der Waals surface area contributed by atoms with Crippen molar-refractivity contribution in [2.75, 3.05) is 6.61 Å². The number of ether oxygens (including phenoxy) is 1. The van der Waals surface area contributed by atoms with Crippen LogP contribution in [0.2, 0.25) is 0 Å². The van der Waals surface area contributed by atoms with E-state index in [9.17, 15) is 38.4 Å². The van der Waals surface area contributed by atoms with Crippen molar-refractivity contribution in [3.05, 3.63) is 33.1 Å². The van der Waals surface area contributed by atoms with Gasteiger partial charge in [0.2, 0.25) is 0 Å². The van der Waals surface area contributed by atoms with E-state index >= 15 is 0 Å². The Morgan fingerprint density at radius 1 is 1.03 bits per heavy atom. The number of hydrogen-bond acceptors (Lipinski definition) is 11. The van der Waals surface area contributed by atoms with Gasteiger partial charge in [0.25, 0.3) is 5.56 Å². The zero-order chi connectivity index (χ0) is 22.2. The minimum atomic E-state index is -5.73. The van der Waals surface area contributed by atoms with E-state index in [4.69, 9.17) is 19.4 Å². The molecule has 0 saturated carbocycles. The molecular formula is C9H15N2O15P3. The summed E-state index contributed by atoms with van der Waals surface area (Å²) in [6, 6.07) is 0.920. The molecule has 6 atom stereocenters. The zero-order valence-corrected chi connectivity index (χ0v) is 16.5. The number of aliphatic hydroxyl groups is 2. The second-order valence-electron chi connectivity index (χ2n) is 5.45. The van der Waals surface area contributed by atoms with Gasteiger partial charge in [-0.05, 0) is 0 Å². The third-order valence-corrected chi connectivity index (χ3v) is 7.08. The molecule has 2 unspecified atom stereocenters. The number of phosphoric acid groups is 3. The molecule has 2 rings (SSSR count). The first-order valence-electron chi connectivity index (χ1n) is 7.22. The fourth-order valence-corrected chi connectivity index (χ4v) is 5.23. The highest BCUT2D eigenvalue weighted by atomic mass is 31.3. The summed E-state index contributed by atoms with van der Waals surface area (Å²) in [7, 11) is -16.8. The smallest absolute Gasteiger partial charge is 0.387 e. The Morgan fingerprint density at radius 3 is 2.21 bits per heavy atom. The molecule has 0 bridgehead atoms. The number of phosphoric ester groups is 1. The van der Waals surface area contributed by atoms with Crippen LogP contribution in [0, 0.1) is 0 Å². The number of aromatic amines is 1. The molecule has 2 heterocycles. The summed E-state index contributed by atoms with van der Waals surface area (Å²) >= 11 is 0. The first kappa shape index (κ1) is 24.2. The Labute approximate surface area is 159 Å². The normalized spacial score (nSPS) is 29.3. The number of nitrogens with zero attached hydrogens (tertiary/aromatic N) is 1. The van der Waals surface area contributed by atoms with Gasteiger partial charge in [0, 0.05) is 12.3 Å². The molecule has 7 N–H and O–H groups in total. The van der Waals surface area contributed by atoms with Crippen molar-refractivity contribution in [3.8, 4) is 0 Å². The van der Waals surface area contributed by atoms with E-state index in [0.29, 0.717) is 4.57 Å². The first-order valence-corrected chi connectivity index (χ1v) is 11.7. The molecule has 0 spiro atoms. The van der Waals surface area contributed by atoms with Crippen molar-refractivity contribution in [3.63, 3.8) is 0 Å². The topological polar surface area (TPSA) is 264 Å². The lowest BCUT2D eigenvalue weighted by molar-refractivity contribution is -0.0542. The van der Waals surface area contributed by atoms with Crippen LogP contribution < -0.4 is 11.2 Å². The molecule has 17 nitrogen and oxygen atoms in total. The second kappa shape index (κ2) is 8.61. The van der Waals surface area contributed by atoms with E-state index in [-0.39, 0.29) is 0 Å². The monoisotopic (exact) mass is 484 g/mol. The van der Waals surface area contributed by atoms with Crippen LogP contribution in [0.3, 0.4) is 0 Å². The molecule has 0 aromatic carbocycles. The fourth-order valence-electron chi connectivity index (χ4n) is 2.20. The molecule has 0 amide bonds. The van der Waals surface area contributed by atoms with E-state index in [0.717, 1.165) is 12.3 Å². The van der Waals surface area contributed by atoms with Gasteiger partial charge >= 0.3 is 29.2 Å². The van der Waals surface area contributed by atoms with Crippen LogP contribution in [0.1, 0.15) is 6.23 Å². The number of rotatable bonds is 8. The lowest BCUT2D eigenvalue weighted by Crippen LogP contribution is -2.37. The highest BCUT2D eigenvalue weighted by Crippen LogP contribution is 2.66. The van der Waals surface area contributed by atoms with Crippen LogP contribution in [0.25, 0.3) is 0 Å². The predicted molar refractivity (Wildman–Crippen MR) is 87.1 cm³/mol. The third kappa shape index (κ3) is 6.73. The molecule has 1 aliphatic heterocycles. The average molecular weight is 484 g/mol. The molecule has 1 saturated heterocycles. The molecule has 20 heteroatoms. The van der Waals surface area contributed by atoms with Gasteiger partial charge in [0.1, 0.15) is 18.3 Å². The van der Waals surface area contributed by atoms with Crippen LogP contribution in [0.4, 0.5) is 0 Å². The Bertz CT molecular complexity index is 997. The van der Waals surface area contributed by atoms with Crippen molar-refractivity contribution in [2.45, 2.75) is 24.5 Å². The molecule has 29 heavy (non-hydrogen) atoms. The number of H-pyrrole nitrogens is 1. The molecular weight excluding hydrogens is 469 g/mol. The minimum absolute atomic E-state index is 0.708. The Balaban J connectivity index is 2.06. The van der Waals surface area contributed by atoms with E-state index in [1.54, 1.807) is 0 Å². The Hall–Kier alpha value is -1.03. The molecule has 1 aromatic heterocycles. The van der Waals surface area contributed by atoms with Gasteiger partial charge in [-0.2, -0.15) is 8.62 Å². The van der Waals surface area contributed by atoms with Crippen LogP contribution in [0.15, 0.2) is 21.9 Å². The summed E-state index contributed by atoms with van der Waals surface area (Å²) in [5, 5.41) is 19.9.